The molecule has 14 aromatic rings. The van der Waals surface area contributed by atoms with E-state index in [1.807, 2.05) is 42.5 Å². The first-order valence-corrected chi connectivity index (χ1v) is 25.5. The molecular formula is C70H41N3O2. The topological polar surface area (TPSA) is 65.0 Å². The molecule has 0 saturated heterocycles. The Morgan fingerprint density at radius 1 is 0.240 bits per heavy atom. The monoisotopic (exact) mass is 955 g/mol. The average molecular weight is 956 g/mol. The number of nitrogens with zero attached hydrogens (tertiary/aromatic N) is 3. The van der Waals surface area contributed by atoms with E-state index in [0.717, 1.165) is 82.8 Å². The average Bonchev–Trinajstić information content (AvgIpc) is 4.23. The van der Waals surface area contributed by atoms with Crippen LogP contribution in [0.5, 0.6) is 0 Å². The van der Waals surface area contributed by atoms with Crippen molar-refractivity contribution in [1.82, 2.24) is 15.0 Å². The van der Waals surface area contributed by atoms with Crippen molar-refractivity contribution in [3.05, 3.63) is 271 Å². The lowest BCUT2D eigenvalue weighted by Gasteiger charge is -2.30. The van der Waals surface area contributed by atoms with E-state index in [1.165, 1.54) is 55.6 Å². The summed E-state index contributed by atoms with van der Waals surface area (Å²) in [7, 11) is 0. The van der Waals surface area contributed by atoms with Gasteiger partial charge in [0, 0.05) is 38.2 Å². The van der Waals surface area contributed by atoms with Crippen LogP contribution in [0.15, 0.2) is 258 Å². The van der Waals surface area contributed by atoms with E-state index in [0.29, 0.717) is 17.5 Å². The van der Waals surface area contributed by atoms with Gasteiger partial charge in [0.2, 0.25) is 0 Å². The van der Waals surface area contributed by atoms with Crippen LogP contribution in [0.2, 0.25) is 0 Å². The molecule has 75 heavy (non-hydrogen) atoms. The Morgan fingerprint density at radius 2 is 0.693 bits per heavy atom. The molecule has 0 aliphatic heterocycles. The van der Waals surface area contributed by atoms with Gasteiger partial charge in [-0.2, -0.15) is 0 Å². The summed E-state index contributed by atoms with van der Waals surface area (Å²) in [6, 6.07) is 88.8. The maximum atomic E-state index is 6.61. The predicted molar refractivity (Wildman–Crippen MR) is 303 cm³/mol. The van der Waals surface area contributed by atoms with Crippen molar-refractivity contribution >= 4 is 43.9 Å². The summed E-state index contributed by atoms with van der Waals surface area (Å²) < 4.78 is 13.0. The normalized spacial score (nSPS) is 12.9. The Morgan fingerprint density at radius 3 is 1.43 bits per heavy atom. The van der Waals surface area contributed by atoms with Gasteiger partial charge < -0.3 is 8.83 Å². The fourth-order valence-electron chi connectivity index (χ4n) is 12.4. The highest BCUT2D eigenvalue weighted by atomic mass is 16.3. The van der Waals surface area contributed by atoms with Gasteiger partial charge in [0.15, 0.2) is 17.5 Å². The molecule has 348 valence electrons. The quantitative estimate of drug-likeness (QED) is 0.166. The maximum absolute atomic E-state index is 6.61. The standard InChI is InChI=1S/C70H41N3O2/c1-2-14-42(15-3-1)45-16-12-17-48(38-45)67-71-68(49-33-36-55-54-21-7-11-26-62(54)75-65(55)41-49)73-69(72-67)56-22-13-27-64-66(56)57-39-46(34-37-63(57)74-64)43-28-30-44(31-29-43)47-32-35-53-52-20-6-10-25-60(52)70(61(53)40-47)58-23-8-4-18-50(58)51-19-5-9-24-59(51)70/h1-41H. The molecule has 3 aromatic heterocycles. The van der Waals surface area contributed by atoms with E-state index in [2.05, 4.69) is 206 Å². The first-order valence-electron chi connectivity index (χ1n) is 25.5. The second-order valence-corrected chi connectivity index (χ2v) is 19.8. The van der Waals surface area contributed by atoms with Gasteiger partial charge in [-0.15, -0.1) is 0 Å². The number of aromatic nitrogens is 3. The summed E-state index contributed by atoms with van der Waals surface area (Å²) in [5.74, 6) is 1.68. The van der Waals surface area contributed by atoms with E-state index in [-0.39, 0.29) is 0 Å². The van der Waals surface area contributed by atoms with E-state index < -0.39 is 5.41 Å². The van der Waals surface area contributed by atoms with Gasteiger partial charge in [0.25, 0.3) is 0 Å². The number of benzene rings is 11. The van der Waals surface area contributed by atoms with Crippen molar-refractivity contribution in [3.8, 4) is 89.8 Å². The smallest absolute Gasteiger partial charge is 0.164 e. The first kappa shape index (κ1) is 41.6. The Labute approximate surface area is 431 Å². The minimum absolute atomic E-state index is 0.391. The van der Waals surface area contributed by atoms with Crippen LogP contribution < -0.4 is 0 Å². The molecule has 11 aromatic carbocycles. The van der Waals surface area contributed by atoms with Gasteiger partial charge in [0.1, 0.15) is 22.3 Å². The van der Waals surface area contributed by atoms with E-state index >= 15 is 0 Å². The number of hydrogen-bond donors (Lipinski definition) is 0. The highest BCUT2D eigenvalue weighted by Crippen LogP contribution is 2.63. The Hall–Kier alpha value is -9.97. The van der Waals surface area contributed by atoms with Gasteiger partial charge in [0.05, 0.1) is 5.41 Å². The Kier molecular flexibility index (Phi) is 8.89. The molecule has 16 rings (SSSR count). The first-order chi connectivity index (χ1) is 37.1. The van der Waals surface area contributed by atoms with Crippen LogP contribution in [-0.2, 0) is 5.41 Å². The number of furan rings is 2. The highest BCUT2D eigenvalue weighted by Gasteiger charge is 2.51. The zero-order chi connectivity index (χ0) is 49.2. The number of rotatable bonds is 6. The molecule has 5 nitrogen and oxygen atoms in total. The van der Waals surface area contributed by atoms with E-state index in [9.17, 15) is 0 Å². The van der Waals surface area contributed by atoms with Gasteiger partial charge in [-0.25, -0.2) is 15.0 Å². The number of para-hydroxylation sites is 1. The van der Waals surface area contributed by atoms with Gasteiger partial charge in [-0.3, -0.25) is 0 Å². The lowest BCUT2D eigenvalue weighted by molar-refractivity contribution is 0.668. The molecule has 1 spiro atoms. The summed E-state index contributed by atoms with van der Waals surface area (Å²) in [6.07, 6.45) is 0. The fraction of sp³-hybridized carbons (Fsp3) is 0.0143. The van der Waals surface area contributed by atoms with Gasteiger partial charge in [-0.05, 0) is 126 Å². The summed E-state index contributed by atoms with van der Waals surface area (Å²) >= 11 is 0. The van der Waals surface area contributed by atoms with Crippen LogP contribution in [0.1, 0.15) is 22.3 Å². The van der Waals surface area contributed by atoms with Crippen LogP contribution in [0, 0.1) is 0 Å². The van der Waals surface area contributed by atoms with Crippen LogP contribution in [0.4, 0.5) is 0 Å². The van der Waals surface area contributed by atoms with Crippen LogP contribution in [-0.4, -0.2) is 15.0 Å². The highest BCUT2D eigenvalue weighted by molar-refractivity contribution is 6.13. The van der Waals surface area contributed by atoms with Crippen molar-refractivity contribution in [2.45, 2.75) is 5.41 Å². The molecule has 0 radical (unpaired) electrons. The largest absolute Gasteiger partial charge is 0.456 e. The molecule has 3 heterocycles. The van der Waals surface area contributed by atoms with Gasteiger partial charge in [-0.1, -0.05) is 200 Å². The van der Waals surface area contributed by atoms with Crippen molar-refractivity contribution in [2.24, 2.45) is 0 Å². The molecule has 0 bridgehead atoms. The third kappa shape index (κ3) is 6.22. The molecule has 0 N–H and O–H groups in total. The lowest BCUT2D eigenvalue weighted by atomic mass is 9.70. The molecule has 0 unspecified atom stereocenters. The van der Waals surface area contributed by atoms with Crippen molar-refractivity contribution in [2.75, 3.05) is 0 Å². The molecular weight excluding hydrogens is 915 g/mol. The van der Waals surface area contributed by atoms with Crippen LogP contribution in [0.25, 0.3) is 134 Å². The zero-order valence-electron chi connectivity index (χ0n) is 40.3. The van der Waals surface area contributed by atoms with Crippen molar-refractivity contribution in [3.63, 3.8) is 0 Å². The maximum Gasteiger partial charge on any atom is 0.164 e. The van der Waals surface area contributed by atoms with Crippen LogP contribution >= 0.6 is 0 Å². The molecule has 0 saturated carbocycles. The minimum atomic E-state index is -0.391. The number of hydrogen-bond acceptors (Lipinski definition) is 5. The Balaban J connectivity index is 0.804. The van der Waals surface area contributed by atoms with E-state index in [1.54, 1.807) is 0 Å². The summed E-state index contributed by atoms with van der Waals surface area (Å²) in [5, 5.41) is 4.05. The van der Waals surface area contributed by atoms with Crippen molar-refractivity contribution < 1.29 is 8.83 Å². The lowest BCUT2D eigenvalue weighted by Crippen LogP contribution is -2.25. The predicted octanol–water partition coefficient (Wildman–Crippen LogP) is 18.0. The third-order valence-electron chi connectivity index (χ3n) is 15.8. The van der Waals surface area contributed by atoms with E-state index in [4.69, 9.17) is 23.8 Å². The molecule has 0 amide bonds. The number of fused-ring (bicyclic) bond motifs is 16. The molecule has 2 aliphatic rings. The zero-order valence-corrected chi connectivity index (χ0v) is 40.3. The summed E-state index contributed by atoms with van der Waals surface area (Å²) in [4.78, 5) is 15.7. The third-order valence-corrected chi connectivity index (χ3v) is 15.8. The minimum Gasteiger partial charge on any atom is -0.456 e. The SMILES string of the molecule is c1ccc(-c2cccc(-c3nc(-c4ccc5c(c4)oc4ccccc45)nc(-c4cccc5oc6ccc(-c7ccc(-c8ccc9c(c8)C8(c%10ccccc%10-c%10ccccc%108)c8ccccc8-9)cc7)cc6c45)n3)c2)cc1. The van der Waals surface area contributed by atoms with Crippen LogP contribution in [0.3, 0.4) is 0 Å². The second-order valence-electron chi connectivity index (χ2n) is 19.8. The molecule has 5 heteroatoms. The molecule has 2 aliphatic carbocycles. The summed E-state index contributed by atoms with van der Waals surface area (Å²) in [6.45, 7) is 0. The Bertz CT molecular complexity index is 4600. The second kappa shape index (κ2) is 16.0. The van der Waals surface area contributed by atoms with Crippen molar-refractivity contribution in [1.29, 1.82) is 0 Å². The molecule has 0 atom stereocenters. The van der Waals surface area contributed by atoms with Gasteiger partial charge >= 0.3 is 0 Å². The fourth-order valence-corrected chi connectivity index (χ4v) is 12.4. The molecule has 0 fully saturated rings. The summed E-state index contributed by atoms with van der Waals surface area (Å²) in [5.41, 5.74) is 22.7.